The number of halogens is 1. The first-order chi connectivity index (χ1) is 15.8. The van der Waals surface area contributed by atoms with Crippen molar-refractivity contribution in [2.45, 2.75) is 4.90 Å². The van der Waals surface area contributed by atoms with Crippen molar-refractivity contribution in [1.82, 2.24) is 0 Å². The van der Waals surface area contributed by atoms with Gasteiger partial charge in [-0.1, -0.05) is 36.4 Å². The van der Waals surface area contributed by atoms with Crippen molar-refractivity contribution in [1.29, 1.82) is 0 Å². The molecular weight excluding hydrogens is 447 g/mol. The van der Waals surface area contributed by atoms with Crippen molar-refractivity contribution < 1.29 is 27.1 Å². The molecule has 0 unspecified atom stereocenters. The van der Waals surface area contributed by atoms with Crippen LogP contribution in [0.1, 0.15) is 26.3 Å². The minimum absolute atomic E-state index is 0.0209. The van der Waals surface area contributed by atoms with Gasteiger partial charge >= 0.3 is 5.97 Å². The maximum absolute atomic E-state index is 13.2. The fourth-order valence-electron chi connectivity index (χ4n) is 3.31. The van der Waals surface area contributed by atoms with E-state index in [0.717, 1.165) is 24.3 Å². The first kappa shape index (κ1) is 22.1. The van der Waals surface area contributed by atoms with Gasteiger partial charge in [0.05, 0.1) is 34.7 Å². The Bertz CT molecular complexity index is 1430. The summed E-state index contributed by atoms with van der Waals surface area (Å²) in [5, 5.41) is 2.90. The molecule has 0 atom stereocenters. The monoisotopic (exact) mass is 464 g/mol. The SMILES string of the molecule is COC(=O)c1ccccc1NC1=C/C(=N/S(=O)(=O)c2ccc(F)cc2)c2ccccc2C1=O. The van der Waals surface area contributed by atoms with Gasteiger partial charge in [-0.15, -0.1) is 0 Å². The maximum Gasteiger partial charge on any atom is 0.339 e. The van der Waals surface area contributed by atoms with Crippen molar-refractivity contribution >= 4 is 33.2 Å². The van der Waals surface area contributed by atoms with E-state index in [2.05, 4.69) is 9.71 Å². The van der Waals surface area contributed by atoms with Gasteiger partial charge in [-0.3, -0.25) is 4.79 Å². The van der Waals surface area contributed by atoms with Gasteiger partial charge in [-0.25, -0.2) is 9.18 Å². The minimum atomic E-state index is -4.20. The first-order valence-electron chi connectivity index (χ1n) is 9.71. The van der Waals surface area contributed by atoms with Crippen LogP contribution in [0.25, 0.3) is 0 Å². The summed E-state index contributed by atoms with van der Waals surface area (Å²) in [7, 11) is -2.95. The third kappa shape index (κ3) is 4.44. The van der Waals surface area contributed by atoms with Crippen LogP contribution in [-0.4, -0.2) is 33.0 Å². The van der Waals surface area contributed by atoms with E-state index in [1.165, 1.54) is 19.3 Å². The molecule has 33 heavy (non-hydrogen) atoms. The molecule has 1 N–H and O–H groups in total. The number of methoxy groups -OCH3 is 1. The van der Waals surface area contributed by atoms with Crippen LogP contribution in [0.5, 0.6) is 0 Å². The molecule has 3 aromatic carbocycles. The number of carbonyl (C=O) groups is 2. The first-order valence-corrected chi connectivity index (χ1v) is 11.1. The van der Waals surface area contributed by atoms with Crippen molar-refractivity contribution in [3.8, 4) is 0 Å². The van der Waals surface area contributed by atoms with E-state index < -0.39 is 27.6 Å². The molecule has 0 bridgehead atoms. The summed E-state index contributed by atoms with van der Waals surface area (Å²) in [5.41, 5.74) is 1.13. The molecule has 1 aliphatic carbocycles. The van der Waals surface area contributed by atoms with Crippen LogP contribution in [0.4, 0.5) is 10.1 Å². The average molecular weight is 464 g/mol. The van der Waals surface area contributed by atoms with Gasteiger partial charge in [-0.2, -0.15) is 12.8 Å². The Hall–Kier alpha value is -4.11. The van der Waals surface area contributed by atoms with Crippen LogP contribution < -0.4 is 5.32 Å². The van der Waals surface area contributed by atoms with Crippen LogP contribution in [0.15, 0.2) is 93.9 Å². The highest BCUT2D eigenvalue weighted by Crippen LogP contribution is 2.26. The zero-order chi connectivity index (χ0) is 23.6. The Morgan fingerprint density at radius 3 is 2.27 bits per heavy atom. The van der Waals surface area contributed by atoms with E-state index in [4.69, 9.17) is 4.74 Å². The summed E-state index contributed by atoms with van der Waals surface area (Å²) in [4.78, 5) is 25.0. The second-order valence-electron chi connectivity index (χ2n) is 7.00. The van der Waals surface area contributed by atoms with Gasteiger partial charge in [0.25, 0.3) is 10.0 Å². The number of esters is 1. The number of nitrogens with one attached hydrogen (secondary N) is 1. The second-order valence-corrected chi connectivity index (χ2v) is 8.60. The number of hydrogen-bond donors (Lipinski definition) is 1. The van der Waals surface area contributed by atoms with Gasteiger partial charge in [0, 0.05) is 11.1 Å². The summed E-state index contributed by atoms with van der Waals surface area (Å²) in [5.74, 6) is -1.58. The number of ether oxygens (including phenoxy) is 1. The number of rotatable bonds is 5. The second kappa shape index (κ2) is 8.79. The smallest absolute Gasteiger partial charge is 0.339 e. The zero-order valence-corrected chi connectivity index (χ0v) is 18.1. The van der Waals surface area contributed by atoms with Crippen LogP contribution in [0.3, 0.4) is 0 Å². The number of allylic oxidation sites excluding steroid dienone is 2. The van der Waals surface area contributed by atoms with E-state index in [9.17, 15) is 22.4 Å². The number of sulfonamides is 1. The van der Waals surface area contributed by atoms with Gasteiger partial charge in [0.1, 0.15) is 5.82 Å². The predicted molar refractivity (Wildman–Crippen MR) is 120 cm³/mol. The number of anilines is 1. The highest BCUT2D eigenvalue weighted by atomic mass is 32.2. The standard InChI is InChI=1S/C24H17FN2O5S/c1-32-24(29)19-8-4-5-9-20(19)26-22-14-21(17-6-2-3-7-18(17)23(22)28)27-33(30,31)16-12-10-15(25)11-13-16/h2-14,26H,1H3/b27-21-. The zero-order valence-electron chi connectivity index (χ0n) is 17.3. The Kier molecular flexibility index (Phi) is 5.89. The van der Waals surface area contributed by atoms with Crippen molar-refractivity contribution in [3.63, 3.8) is 0 Å². The van der Waals surface area contributed by atoms with Crippen LogP contribution in [-0.2, 0) is 14.8 Å². The van der Waals surface area contributed by atoms with E-state index in [-0.39, 0.29) is 27.4 Å². The molecule has 0 saturated heterocycles. The van der Waals surface area contributed by atoms with Crippen molar-refractivity contribution in [2.75, 3.05) is 12.4 Å². The lowest BCUT2D eigenvalue weighted by molar-refractivity contribution is 0.0601. The highest BCUT2D eigenvalue weighted by Gasteiger charge is 2.27. The molecule has 3 aromatic rings. The molecule has 0 amide bonds. The van der Waals surface area contributed by atoms with Gasteiger partial charge in [-0.05, 0) is 42.5 Å². The molecule has 0 radical (unpaired) electrons. The number of carbonyl (C=O) groups excluding carboxylic acids is 2. The fourth-order valence-corrected chi connectivity index (χ4v) is 4.31. The minimum Gasteiger partial charge on any atom is -0.465 e. The third-order valence-electron chi connectivity index (χ3n) is 4.91. The predicted octanol–water partition coefficient (Wildman–Crippen LogP) is 3.98. The Balaban J connectivity index is 1.82. The summed E-state index contributed by atoms with van der Waals surface area (Å²) in [6.07, 6.45) is 1.31. The number of hydrogen-bond acceptors (Lipinski definition) is 6. The van der Waals surface area contributed by atoms with E-state index in [1.807, 2.05) is 0 Å². The van der Waals surface area contributed by atoms with Gasteiger partial charge < -0.3 is 10.1 Å². The molecule has 0 heterocycles. The highest BCUT2D eigenvalue weighted by molar-refractivity contribution is 7.90. The summed E-state index contributed by atoms with van der Waals surface area (Å²) in [6, 6.07) is 17.2. The van der Waals surface area contributed by atoms with Gasteiger partial charge in [0.15, 0.2) is 0 Å². The van der Waals surface area contributed by atoms with Gasteiger partial charge in [0.2, 0.25) is 5.78 Å². The molecule has 0 saturated carbocycles. The Labute approximate surface area is 189 Å². The summed E-state index contributed by atoms with van der Waals surface area (Å²) in [6.45, 7) is 0. The normalized spacial score (nSPS) is 14.4. The average Bonchev–Trinajstić information content (AvgIpc) is 2.82. The quantitative estimate of drug-likeness (QED) is 0.573. The van der Waals surface area contributed by atoms with E-state index in [0.29, 0.717) is 11.3 Å². The lowest BCUT2D eigenvalue weighted by Crippen LogP contribution is -2.23. The van der Waals surface area contributed by atoms with Crippen LogP contribution >= 0.6 is 0 Å². The molecule has 0 aliphatic heterocycles. The molecule has 4 rings (SSSR count). The molecule has 0 spiro atoms. The van der Waals surface area contributed by atoms with Crippen molar-refractivity contribution in [3.05, 3.63) is 107 Å². The molecule has 166 valence electrons. The maximum atomic E-state index is 13.2. The van der Waals surface area contributed by atoms with Crippen LogP contribution in [0.2, 0.25) is 0 Å². The third-order valence-corrected chi connectivity index (χ3v) is 6.21. The Morgan fingerprint density at radius 1 is 0.939 bits per heavy atom. The lowest BCUT2D eigenvalue weighted by Gasteiger charge is -2.19. The molecule has 0 aromatic heterocycles. The summed E-state index contributed by atoms with van der Waals surface area (Å²) >= 11 is 0. The molecule has 7 nitrogen and oxygen atoms in total. The number of Topliss-reactive ketones (excluding diaryl/α,β-unsaturated/α-hetero) is 1. The molecule has 9 heteroatoms. The fraction of sp³-hybridized carbons (Fsp3) is 0.0417. The van der Waals surface area contributed by atoms with Crippen LogP contribution in [0, 0.1) is 5.82 Å². The number of fused-ring (bicyclic) bond motifs is 1. The number of nitrogens with zero attached hydrogens (tertiary/aromatic N) is 1. The molecular formula is C24H17FN2O5S. The number of para-hydroxylation sites is 1. The van der Waals surface area contributed by atoms with E-state index >= 15 is 0 Å². The summed E-state index contributed by atoms with van der Waals surface area (Å²) < 4.78 is 47.6. The van der Waals surface area contributed by atoms with E-state index in [1.54, 1.807) is 42.5 Å². The molecule has 1 aliphatic rings. The molecule has 0 fully saturated rings. The lowest BCUT2D eigenvalue weighted by atomic mass is 9.92. The topological polar surface area (TPSA) is 102 Å². The number of ketones is 1. The van der Waals surface area contributed by atoms with Crippen molar-refractivity contribution in [2.24, 2.45) is 4.40 Å². The Morgan fingerprint density at radius 2 is 1.58 bits per heavy atom. The largest absolute Gasteiger partial charge is 0.465 e. The number of benzene rings is 3.